The summed E-state index contributed by atoms with van der Waals surface area (Å²) in [6, 6.07) is 9.75. The summed E-state index contributed by atoms with van der Waals surface area (Å²) < 4.78 is 12.1. The first kappa shape index (κ1) is 17.8. The van der Waals surface area contributed by atoms with E-state index in [2.05, 4.69) is 0 Å². The highest BCUT2D eigenvalue weighted by atomic mass is 16.5. The lowest BCUT2D eigenvalue weighted by Crippen LogP contribution is -2.10. The maximum absolute atomic E-state index is 11.8. The van der Waals surface area contributed by atoms with Crippen LogP contribution in [0.15, 0.2) is 36.4 Å². The molecule has 24 heavy (non-hydrogen) atoms. The van der Waals surface area contributed by atoms with Gasteiger partial charge in [-0.2, -0.15) is 0 Å². The highest BCUT2D eigenvalue weighted by Gasteiger charge is 2.09. The van der Waals surface area contributed by atoms with Crippen LogP contribution in [-0.4, -0.2) is 23.1 Å². The highest BCUT2D eigenvalue weighted by Crippen LogP contribution is 2.21. The van der Waals surface area contributed by atoms with E-state index in [0.29, 0.717) is 13.0 Å². The van der Waals surface area contributed by atoms with Crippen molar-refractivity contribution in [2.45, 2.75) is 39.8 Å². The molecule has 128 valence electrons. The normalized spacial score (nSPS) is 11.1. The first-order valence-electron chi connectivity index (χ1n) is 8.24. The van der Waals surface area contributed by atoms with Gasteiger partial charge in [-0.1, -0.05) is 31.5 Å². The van der Waals surface area contributed by atoms with Gasteiger partial charge in [0.25, 0.3) is 0 Å². The topological polar surface area (TPSA) is 57.5 Å². The Morgan fingerprint density at radius 1 is 1.17 bits per heavy atom. The van der Waals surface area contributed by atoms with E-state index >= 15 is 0 Å². The maximum Gasteiger partial charge on any atom is 0.330 e. The van der Waals surface area contributed by atoms with Gasteiger partial charge in [0.1, 0.15) is 0 Å². The van der Waals surface area contributed by atoms with Crippen molar-refractivity contribution < 1.29 is 19.1 Å². The summed E-state index contributed by atoms with van der Waals surface area (Å²) >= 11 is 0. The van der Waals surface area contributed by atoms with E-state index in [4.69, 9.17) is 9.47 Å². The monoisotopic (exact) mass is 329 g/mol. The largest absolute Gasteiger partial charge is 0.463 e. The van der Waals surface area contributed by atoms with E-state index in [1.54, 1.807) is 13.0 Å². The van der Waals surface area contributed by atoms with Crippen molar-refractivity contribution in [2.75, 3.05) is 6.61 Å². The van der Waals surface area contributed by atoms with Crippen LogP contribution in [0.2, 0.25) is 0 Å². The fourth-order valence-corrected chi connectivity index (χ4v) is 2.39. The molecule has 0 fully saturated rings. The predicted octanol–water partition coefficient (Wildman–Crippen LogP) is 3.91. The van der Waals surface area contributed by atoms with E-state index in [-0.39, 0.29) is 12.7 Å². The molecule has 2 aromatic rings. The molecule has 0 spiro atoms. The summed E-state index contributed by atoms with van der Waals surface area (Å²) in [5.74, 6) is -0.607. The molecule has 0 amide bonds. The van der Waals surface area contributed by atoms with Crippen LogP contribution in [0.5, 0.6) is 0 Å². The summed E-state index contributed by atoms with van der Waals surface area (Å²) in [5, 5.41) is 1.02. The highest BCUT2D eigenvalue weighted by molar-refractivity contribution is 5.89. The molecule has 5 heteroatoms. The molecule has 0 radical (unpaired) electrons. The van der Waals surface area contributed by atoms with Crippen molar-refractivity contribution in [3.8, 4) is 0 Å². The van der Waals surface area contributed by atoms with Gasteiger partial charge in [-0.25, -0.2) is 4.79 Å². The lowest BCUT2D eigenvalue weighted by molar-refractivity contribution is -0.147. The molecule has 0 saturated heterocycles. The summed E-state index contributed by atoms with van der Waals surface area (Å²) in [5.41, 5.74) is 1.73. The minimum Gasteiger partial charge on any atom is -0.463 e. The SMILES string of the molecule is CCCCC(=O)OCn1c(/C=C/C(=O)OCC)cc2ccccc21. The van der Waals surface area contributed by atoms with Gasteiger partial charge in [0, 0.05) is 23.6 Å². The van der Waals surface area contributed by atoms with Gasteiger partial charge >= 0.3 is 11.9 Å². The van der Waals surface area contributed by atoms with Gasteiger partial charge in [0.05, 0.1) is 12.1 Å². The molecule has 0 aliphatic rings. The number of carbonyl (C=O) groups is 2. The van der Waals surface area contributed by atoms with Crippen LogP contribution >= 0.6 is 0 Å². The molecule has 5 nitrogen and oxygen atoms in total. The Labute approximate surface area is 141 Å². The van der Waals surface area contributed by atoms with Crippen LogP contribution in [0, 0.1) is 0 Å². The van der Waals surface area contributed by atoms with Crippen molar-refractivity contribution in [3.63, 3.8) is 0 Å². The number of para-hydroxylation sites is 1. The third-order valence-electron chi connectivity index (χ3n) is 3.61. The van der Waals surface area contributed by atoms with Crippen LogP contribution < -0.4 is 0 Å². The zero-order chi connectivity index (χ0) is 17.4. The van der Waals surface area contributed by atoms with Gasteiger partial charge < -0.3 is 14.0 Å². The number of esters is 2. The fraction of sp³-hybridized carbons (Fsp3) is 0.368. The molecule has 0 aliphatic carbocycles. The van der Waals surface area contributed by atoms with Crippen molar-refractivity contribution >= 4 is 28.9 Å². The Bertz CT molecular complexity index is 730. The number of carbonyl (C=O) groups excluding carboxylic acids is 2. The van der Waals surface area contributed by atoms with Crippen LogP contribution in [-0.2, 0) is 25.8 Å². The number of aromatic nitrogens is 1. The number of hydrogen-bond donors (Lipinski definition) is 0. The molecule has 0 saturated carbocycles. The summed E-state index contributed by atoms with van der Waals surface area (Å²) in [4.78, 5) is 23.3. The molecular formula is C19H23NO4. The second-order valence-corrected chi connectivity index (χ2v) is 5.39. The zero-order valence-corrected chi connectivity index (χ0v) is 14.2. The molecule has 2 rings (SSSR count). The van der Waals surface area contributed by atoms with E-state index in [9.17, 15) is 9.59 Å². The van der Waals surface area contributed by atoms with E-state index in [0.717, 1.165) is 29.4 Å². The van der Waals surface area contributed by atoms with Crippen molar-refractivity contribution in [1.82, 2.24) is 4.57 Å². The van der Waals surface area contributed by atoms with Gasteiger partial charge in [-0.15, -0.1) is 0 Å². The second-order valence-electron chi connectivity index (χ2n) is 5.39. The third-order valence-corrected chi connectivity index (χ3v) is 3.61. The Hall–Kier alpha value is -2.56. The van der Waals surface area contributed by atoms with Crippen LogP contribution in [0.25, 0.3) is 17.0 Å². The minimum atomic E-state index is -0.394. The van der Waals surface area contributed by atoms with E-state index < -0.39 is 5.97 Å². The summed E-state index contributed by atoms with van der Waals surface area (Å²) in [6.07, 6.45) is 5.25. The molecule has 1 aromatic carbocycles. The van der Waals surface area contributed by atoms with Crippen molar-refractivity contribution in [2.24, 2.45) is 0 Å². The number of benzene rings is 1. The lowest BCUT2D eigenvalue weighted by atomic mass is 10.2. The Kier molecular flexibility index (Phi) is 6.61. The minimum absolute atomic E-state index is 0.124. The first-order chi connectivity index (χ1) is 11.7. The summed E-state index contributed by atoms with van der Waals surface area (Å²) in [6.45, 7) is 4.25. The number of rotatable bonds is 8. The van der Waals surface area contributed by atoms with Gasteiger partial charge in [-0.3, -0.25) is 4.79 Å². The number of hydrogen-bond acceptors (Lipinski definition) is 4. The van der Waals surface area contributed by atoms with E-state index in [1.165, 1.54) is 6.08 Å². The molecule has 0 atom stereocenters. The van der Waals surface area contributed by atoms with Crippen molar-refractivity contribution in [3.05, 3.63) is 42.1 Å². The number of nitrogens with zero attached hydrogens (tertiary/aromatic N) is 1. The quantitative estimate of drug-likeness (QED) is 0.544. The molecule has 1 aromatic heterocycles. The Balaban J connectivity index is 2.20. The zero-order valence-electron chi connectivity index (χ0n) is 14.2. The molecule has 0 N–H and O–H groups in total. The number of fused-ring (bicyclic) bond motifs is 1. The molecule has 0 bridgehead atoms. The average Bonchev–Trinajstić information content (AvgIpc) is 2.94. The lowest BCUT2D eigenvalue weighted by Gasteiger charge is -2.09. The molecule has 1 heterocycles. The van der Waals surface area contributed by atoms with Crippen LogP contribution in [0.4, 0.5) is 0 Å². The van der Waals surface area contributed by atoms with Crippen LogP contribution in [0.1, 0.15) is 38.8 Å². The smallest absolute Gasteiger partial charge is 0.330 e. The van der Waals surface area contributed by atoms with Crippen LogP contribution in [0.3, 0.4) is 0 Å². The third kappa shape index (κ3) is 4.72. The maximum atomic E-state index is 11.8. The Morgan fingerprint density at radius 3 is 2.71 bits per heavy atom. The standard InChI is InChI=1S/C19H23NO4/c1-3-5-10-18(21)24-14-20-16(11-12-19(22)23-4-2)13-15-8-6-7-9-17(15)20/h6-9,11-13H,3-5,10,14H2,1-2H3/b12-11+. The van der Waals surface area contributed by atoms with Gasteiger partial charge in [-0.05, 0) is 31.6 Å². The second kappa shape index (κ2) is 8.91. The summed E-state index contributed by atoms with van der Waals surface area (Å²) in [7, 11) is 0. The predicted molar refractivity (Wildman–Crippen MR) is 93.2 cm³/mol. The molecular weight excluding hydrogens is 306 g/mol. The first-order valence-corrected chi connectivity index (χ1v) is 8.24. The molecule has 0 unspecified atom stereocenters. The van der Waals surface area contributed by atoms with Crippen molar-refractivity contribution in [1.29, 1.82) is 0 Å². The number of ether oxygens (including phenoxy) is 2. The molecule has 0 aliphatic heterocycles. The average molecular weight is 329 g/mol. The van der Waals surface area contributed by atoms with Gasteiger partial charge in [0.2, 0.25) is 0 Å². The van der Waals surface area contributed by atoms with Gasteiger partial charge in [0.15, 0.2) is 6.73 Å². The fourth-order valence-electron chi connectivity index (χ4n) is 2.39. The Morgan fingerprint density at radius 2 is 1.96 bits per heavy atom. The van der Waals surface area contributed by atoms with E-state index in [1.807, 2.05) is 41.8 Å². The number of unbranched alkanes of at least 4 members (excludes halogenated alkanes) is 1.